The average molecular weight is 331 g/mol. The van der Waals surface area contributed by atoms with Crippen molar-refractivity contribution >= 4 is 11.9 Å². The van der Waals surface area contributed by atoms with Gasteiger partial charge < -0.3 is 15.0 Å². The Balaban J connectivity index is 1.49. The Labute approximate surface area is 140 Å². The topological polar surface area (TPSA) is 71.1 Å². The summed E-state index contributed by atoms with van der Waals surface area (Å²) in [6.07, 6.45) is 0.745. The van der Waals surface area contributed by atoms with E-state index in [0.29, 0.717) is 19.8 Å². The molecule has 2 bridgehead atoms. The van der Waals surface area contributed by atoms with Crippen LogP contribution in [0.5, 0.6) is 0 Å². The summed E-state index contributed by atoms with van der Waals surface area (Å²) in [7, 11) is 1.62. The number of piperidine rings is 1. The first-order valence-electron chi connectivity index (χ1n) is 8.25. The van der Waals surface area contributed by atoms with Crippen LogP contribution < -0.4 is 5.32 Å². The molecule has 1 aromatic rings. The maximum absolute atomic E-state index is 12.7. The van der Waals surface area contributed by atoms with Crippen molar-refractivity contribution in [2.24, 2.45) is 5.92 Å². The fourth-order valence-corrected chi connectivity index (χ4v) is 4.06. The first kappa shape index (κ1) is 15.4. The average Bonchev–Trinajstić information content (AvgIpc) is 3.03. The molecule has 4 atom stereocenters. The Bertz CT molecular complexity index is 638. The summed E-state index contributed by atoms with van der Waals surface area (Å²) in [5, 5.41) is 4.42. The summed E-state index contributed by atoms with van der Waals surface area (Å²) in [4.78, 5) is 32.4. The van der Waals surface area contributed by atoms with Crippen LogP contribution in [0.25, 0.3) is 0 Å². The first-order valence-corrected chi connectivity index (χ1v) is 8.25. The molecular weight excluding hydrogens is 310 g/mol. The number of urea groups is 1. The number of hydrogen-bond acceptors (Lipinski definition) is 4. The lowest BCUT2D eigenvalue weighted by Crippen LogP contribution is -2.48. The minimum atomic E-state index is -0.403. The lowest BCUT2D eigenvalue weighted by Gasteiger charge is -2.32. The number of hydrogen-bond donors (Lipinski definition) is 1. The predicted molar refractivity (Wildman–Crippen MR) is 84.7 cm³/mol. The fourth-order valence-electron chi connectivity index (χ4n) is 4.06. The number of hydroxylamine groups is 2. The highest BCUT2D eigenvalue weighted by molar-refractivity contribution is 5.91. The molecule has 3 saturated heterocycles. The minimum Gasteiger partial charge on any atom is -0.383 e. The Morgan fingerprint density at radius 1 is 1.25 bits per heavy atom. The Morgan fingerprint density at radius 2 is 2.04 bits per heavy atom. The van der Waals surface area contributed by atoms with Crippen LogP contribution in [0.2, 0.25) is 0 Å². The summed E-state index contributed by atoms with van der Waals surface area (Å²) in [5.41, 5.74) is 1.01. The number of ether oxygens (including phenoxy) is 1. The normalized spacial score (nSPS) is 31.4. The molecule has 4 unspecified atom stereocenters. The molecule has 0 aliphatic carbocycles. The summed E-state index contributed by atoms with van der Waals surface area (Å²) < 4.78 is 5.21. The van der Waals surface area contributed by atoms with Crippen LogP contribution >= 0.6 is 0 Å². The predicted octanol–water partition coefficient (Wildman–Crippen LogP) is 0.758. The summed E-state index contributed by atoms with van der Waals surface area (Å²) in [6.45, 7) is 1.36. The second-order valence-corrected chi connectivity index (χ2v) is 6.59. The van der Waals surface area contributed by atoms with Gasteiger partial charge in [0.25, 0.3) is 0 Å². The highest BCUT2D eigenvalue weighted by Gasteiger charge is 2.57. The van der Waals surface area contributed by atoms with Crippen LogP contribution in [-0.2, 0) is 21.0 Å². The van der Waals surface area contributed by atoms with Gasteiger partial charge in [-0.2, -0.15) is 5.06 Å². The number of methoxy groups -OCH3 is 1. The lowest BCUT2D eigenvalue weighted by atomic mass is 9.86. The fraction of sp³-hybridized carbons (Fsp3) is 0.529. The van der Waals surface area contributed by atoms with E-state index in [1.807, 2.05) is 30.3 Å². The van der Waals surface area contributed by atoms with E-state index in [-0.39, 0.29) is 29.9 Å². The van der Waals surface area contributed by atoms with Gasteiger partial charge in [0.05, 0.1) is 18.7 Å². The van der Waals surface area contributed by atoms with E-state index in [4.69, 9.17) is 9.57 Å². The van der Waals surface area contributed by atoms with Gasteiger partial charge in [0.1, 0.15) is 12.6 Å². The molecule has 0 radical (unpaired) electrons. The molecule has 0 saturated carbocycles. The molecule has 24 heavy (non-hydrogen) atoms. The number of amides is 3. The number of nitrogens with zero attached hydrogens (tertiary/aromatic N) is 2. The van der Waals surface area contributed by atoms with E-state index in [1.165, 1.54) is 5.06 Å². The van der Waals surface area contributed by atoms with E-state index in [9.17, 15) is 9.59 Å². The van der Waals surface area contributed by atoms with Crippen LogP contribution in [0.4, 0.5) is 4.79 Å². The molecule has 4 rings (SSSR count). The molecular formula is C17H21N3O4. The summed E-state index contributed by atoms with van der Waals surface area (Å²) >= 11 is 0. The van der Waals surface area contributed by atoms with Gasteiger partial charge in [-0.05, 0) is 12.0 Å². The second-order valence-electron chi connectivity index (χ2n) is 6.59. The summed E-state index contributed by atoms with van der Waals surface area (Å²) in [6, 6.07) is 9.07. The van der Waals surface area contributed by atoms with Crippen molar-refractivity contribution in [3.05, 3.63) is 35.9 Å². The van der Waals surface area contributed by atoms with E-state index < -0.39 is 6.04 Å². The molecule has 3 heterocycles. The van der Waals surface area contributed by atoms with Gasteiger partial charge in [0.15, 0.2) is 0 Å². The van der Waals surface area contributed by atoms with Crippen molar-refractivity contribution < 1.29 is 19.2 Å². The largest absolute Gasteiger partial charge is 0.383 e. The number of nitrogens with one attached hydrogen (secondary N) is 1. The highest BCUT2D eigenvalue weighted by atomic mass is 16.7. The van der Waals surface area contributed by atoms with Gasteiger partial charge in [-0.1, -0.05) is 30.3 Å². The second kappa shape index (κ2) is 6.07. The quantitative estimate of drug-likeness (QED) is 0.865. The van der Waals surface area contributed by atoms with E-state index in [2.05, 4.69) is 5.32 Å². The third-order valence-corrected chi connectivity index (χ3v) is 5.13. The van der Waals surface area contributed by atoms with Crippen LogP contribution in [0.3, 0.4) is 0 Å². The van der Waals surface area contributed by atoms with Crippen molar-refractivity contribution in [2.45, 2.75) is 31.2 Å². The minimum absolute atomic E-state index is 0.0190. The van der Waals surface area contributed by atoms with Crippen LogP contribution in [0.1, 0.15) is 12.0 Å². The molecule has 128 valence electrons. The molecule has 3 aliphatic rings. The zero-order chi connectivity index (χ0) is 16.7. The van der Waals surface area contributed by atoms with Crippen molar-refractivity contribution in [1.29, 1.82) is 0 Å². The molecule has 1 N–H and O–H groups in total. The zero-order valence-corrected chi connectivity index (χ0v) is 13.6. The van der Waals surface area contributed by atoms with Gasteiger partial charge in [0, 0.05) is 19.6 Å². The molecule has 3 aliphatic heterocycles. The Morgan fingerprint density at radius 3 is 2.79 bits per heavy atom. The Hall–Kier alpha value is -2.12. The molecule has 0 aromatic heterocycles. The number of carbonyl (C=O) groups excluding carboxylic acids is 2. The van der Waals surface area contributed by atoms with Gasteiger partial charge in [0.2, 0.25) is 5.91 Å². The smallest absolute Gasteiger partial charge is 0.345 e. The first-order chi connectivity index (χ1) is 11.7. The van der Waals surface area contributed by atoms with Gasteiger partial charge in [-0.15, -0.1) is 0 Å². The molecule has 7 heteroatoms. The van der Waals surface area contributed by atoms with E-state index in [1.54, 1.807) is 12.0 Å². The highest BCUT2D eigenvalue weighted by Crippen LogP contribution is 2.38. The molecule has 3 amide bonds. The number of rotatable bonds is 5. The van der Waals surface area contributed by atoms with Crippen molar-refractivity contribution in [3.63, 3.8) is 0 Å². The monoisotopic (exact) mass is 331 g/mol. The maximum atomic E-state index is 12.7. The molecule has 0 spiro atoms. The van der Waals surface area contributed by atoms with Crippen molar-refractivity contribution in [1.82, 2.24) is 15.3 Å². The van der Waals surface area contributed by atoms with Gasteiger partial charge in [-0.3, -0.25) is 9.63 Å². The number of carbonyl (C=O) groups is 2. The third-order valence-electron chi connectivity index (χ3n) is 5.13. The maximum Gasteiger partial charge on any atom is 0.345 e. The van der Waals surface area contributed by atoms with Crippen LogP contribution in [0, 0.1) is 5.92 Å². The van der Waals surface area contributed by atoms with Crippen LogP contribution in [-0.4, -0.2) is 60.3 Å². The SMILES string of the molecule is COCC1NC(=O)C2C1CC1CN2C(=O)N1OCc1ccccc1. The number of fused-ring (bicyclic) bond motifs is 4. The van der Waals surface area contributed by atoms with Gasteiger partial charge in [-0.25, -0.2) is 4.79 Å². The molecule has 7 nitrogen and oxygen atoms in total. The zero-order valence-electron chi connectivity index (χ0n) is 13.6. The standard InChI is InChI=1S/C17H21N3O4/c1-23-10-14-13-7-12-8-19(15(13)16(21)18-14)17(22)20(12)24-9-11-5-3-2-4-6-11/h2-6,12-15H,7-10H2,1H3,(H,18,21). The Kier molecular flexibility index (Phi) is 3.90. The number of benzene rings is 1. The lowest BCUT2D eigenvalue weighted by molar-refractivity contribution is -0.142. The molecule has 1 aromatic carbocycles. The van der Waals surface area contributed by atoms with Crippen molar-refractivity contribution in [3.8, 4) is 0 Å². The summed E-state index contributed by atoms with van der Waals surface area (Å²) in [5.74, 6) is -0.00997. The van der Waals surface area contributed by atoms with Gasteiger partial charge >= 0.3 is 6.03 Å². The van der Waals surface area contributed by atoms with Crippen molar-refractivity contribution in [2.75, 3.05) is 20.3 Å². The van der Waals surface area contributed by atoms with Crippen LogP contribution in [0.15, 0.2) is 30.3 Å². The van der Waals surface area contributed by atoms with E-state index >= 15 is 0 Å². The molecule has 3 fully saturated rings. The third kappa shape index (κ3) is 2.44. The van der Waals surface area contributed by atoms with E-state index in [0.717, 1.165) is 12.0 Å².